The summed E-state index contributed by atoms with van der Waals surface area (Å²) in [5, 5.41) is 3.87. The molecular weight excluding hydrogens is 246 g/mol. The minimum atomic E-state index is 0.0562. The van der Waals surface area contributed by atoms with Crippen LogP contribution in [0, 0.1) is 0 Å². The first-order chi connectivity index (χ1) is 8.69. The molecule has 0 saturated carbocycles. The highest BCUT2D eigenvalue weighted by atomic mass is 32.2. The van der Waals surface area contributed by atoms with Crippen LogP contribution in [0.1, 0.15) is 37.2 Å². The Morgan fingerprint density at radius 1 is 1.44 bits per heavy atom. The van der Waals surface area contributed by atoms with E-state index in [0.717, 1.165) is 17.8 Å². The second kappa shape index (κ2) is 6.02. The van der Waals surface area contributed by atoms with Crippen LogP contribution >= 0.6 is 11.8 Å². The monoisotopic (exact) mass is 263 g/mol. The van der Waals surface area contributed by atoms with Crippen molar-refractivity contribution in [3.63, 3.8) is 0 Å². The molecule has 1 aromatic heterocycles. The Bertz CT molecular complexity index is 510. The second-order valence-electron chi connectivity index (χ2n) is 4.11. The maximum Gasteiger partial charge on any atom is 0.237 e. The summed E-state index contributed by atoms with van der Waals surface area (Å²) in [4.78, 5) is 5.45. The first-order valence-corrected chi connectivity index (χ1v) is 6.97. The summed E-state index contributed by atoms with van der Waals surface area (Å²) in [6, 6.07) is 8.28. The standard InChI is InChI=1S/C13H17N3OS/c1-3-12-15-13(17-16-12)8-18-11-6-4-5-10(7-11)9(2)14/h4-7,9H,3,8,14H2,1-2H3. The Hall–Kier alpha value is -1.33. The van der Waals surface area contributed by atoms with Gasteiger partial charge in [0.1, 0.15) is 0 Å². The number of aryl methyl sites for hydroxylation is 1. The summed E-state index contributed by atoms with van der Waals surface area (Å²) in [7, 11) is 0. The smallest absolute Gasteiger partial charge is 0.237 e. The van der Waals surface area contributed by atoms with Crippen molar-refractivity contribution in [1.29, 1.82) is 0 Å². The van der Waals surface area contributed by atoms with Gasteiger partial charge < -0.3 is 10.3 Å². The van der Waals surface area contributed by atoms with Gasteiger partial charge in [0.2, 0.25) is 5.89 Å². The molecule has 0 spiro atoms. The van der Waals surface area contributed by atoms with E-state index >= 15 is 0 Å². The van der Waals surface area contributed by atoms with Gasteiger partial charge >= 0.3 is 0 Å². The molecule has 0 fully saturated rings. The van der Waals surface area contributed by atoms with E-state index < -0.39 is 0 Å². The quantitative estimate of drug-likeness (QED) is 0.840. The van der Waals surface area contributed by atoms with E-state index in [2.05, 4.69) is 22.3 Å². The van der Waals surface area contributed by atoms with Crippen LogP contribution < -0.4 is 5.73 Å². The van der Waals surface area contributed by atoms with Gasteiger partial charge in [-0.3, -0.25) is 0 Å². The number of nitrogens with two attached hydrogens (primary N) is 1. The zero-order valence-electron chi connectivity index (χ0n) is 10.6. The second-order valence-corrected chi connectivity index (χ2v) is 5.16. The van der Waals surface area contributed by atoms with Gasteiger partial charge in [-0.15, -0.1) is 11.8 Å². The largest absolute Gasteiger partial charge is 0.338 e. The Morgan fingerprint density at radius 3 is 2.94 bits per heavy atom. The summed E-state index contributed by atoms with van der Waals surface area (Å²) in [5.41, 5.74) is 7.00. The Morgan fingerprint density at radius 2 is 2.28 bits per heavy atom. The lowest BCUT2D eigenvalue weighted by molar-refractivity contribution is 0.385. The lowest BCUT2D eigenvalue weighted by atomic mass is 10.1. The Kier molecular flexibility index (Phi) is 4.38. The molecule has 18 heavy (non-hydrogen) atoms. The molecule has 2 N–H and O–H groups in total. The van der Waals surface area contributed by atoms with Gasteiger partial charge in [0.05, 0.1) is 5.75 Å². The van der Waals surface area contributed by atoms with Gasteiger partial charge in [0, 0.05) is 17.4 Å². The molecule has 2 rings (SSSR count). The molecule has 0 aliphatic rings. The number of aromatic nitrogens is 2. The topological polar surface area (TPSA) is 64.9 Å². The zero-order valence-corrected chi connectivity index (χ0v) is 11.4. The average Bonchev–Trinajstić information content (AvgIpc) is 2.84. The third-order valence-electron chi connectivity index (χ3n) is 2.57. The van der Waals surface area contributed by atoms with Gasteiger partial charge in [0.15, 0.2) is 5.82 Å². The Balaban J connectivity index is 1.99. The molecule has 0 aliphatic carbocycles. The molecule has 2 aromatic rings. The average molecular weight is 263 g/mol. The summed E-state index contributed by atoms with van der Waals surface area (Å²) in [6.07, 6.45) is 0.800. The molecule has 96 valence electrons. The minimum Gasteiger partial charge on any atom is -0.338 e. The molecule has 0 amide bonds. The summed E-state index contributed by atoms with van der Waals surface area (Å²) >= 11 is 1.68. The van der Waals surface area contributed by atoms with Crippen LogP contribution in [0.2, 0.25) is 0 Å². The molecule has 1 aromatic carbocycles. The van der Waals surface area contributed by atoms with Gasteiger partial charge in [-0.2, -0.15) is 4.98 Å². The number of thioether (sulfide) groups is 1. The van der Waals surface area contributed by atoms with Crippen molar-refractivity contribution in [3.8, 4) is 0 Å². The molecule has 4 nitrogen and oxygen atoms in total. The molecule has 0 aliphatic heterocycles. The van der Waals surface area contributed by atoms with Crippen molar-refractivity contribution in [2.24, 2.45) is 5.73 Å². The van der Waals surface area contributed by atoms with E-state index in [9.17, 15) is 0 Å². The van der Waals surface area contributed by atoms with Crippen molar-refractivity contribution < 1.29 is 4.52 Å². The predicted octanol–water partition coefficient (Wildman–Crippen LogP) is 2.94. The van der Waals surface area contributed by atoms with Crippen molar-refractivity contribution in [1.82, 2.24) is 10.1 Å². The SMILES string of the molecule is CCc1noc(CSc2cccc(C(C)N)c2)n1. The van der Waals surface area contributed by atoms with E-state index in [4.69, 9.17) is 10.3 Å². The normalized spacial score (nSPS) is 12.6. The minimum absolute atomic E-state index is 0.0562. The number of hydrogen-bond donors (Lipinski definition) is 1. The zero-order chi connectivity index (χ0) is 13.0. The van der Waals surface area contributed by atoms with Gasteiger partial charge in [0.25, 0.3) is 0 Å². The molecule has 0 bridgehead atoms. The predicted molar refractivity (Wildman–Crippen MR) is 72.3 cm³/mol. The van der Waals surface area contributed by atoms with E-state index in [1.165, 1.54) is 4.90 Å². The van der Waals surface area contributed by atoms with Crippen LogP contribution in [-0.2, 0) is 12.2 Å². The lowest BCUT2D eigenvalue weighted by Crippen LogP contribution is -2.04. The fraction of sp³-hybridized carbons (Fsp3) is 0.385. The first-order valence-electron chi connectivity index (χ1n) is 5.99. The molecule has 1 unspecified atom stereocenters. The molecule has 0 saturated heterocycles. The third kappa shape index (κ3) is 3.34. The number of nitrogens with zero attached hydrogens (tertiary/aromatic N) is 2. The van der Waals surface area contributed by atoms with Crippen molar-refractivity contribution in [2.45, 2.75) is 37.0 Å². The highest BCUT2D eigenvalue weighted by Gasteiger charge is 2.06. The van der Waals surface area contributed by atoms with E-state index in [0.29, 0.717) is 11.6 Å². The fourth-order valence-corrected chi connectivity index (χ4v) is 2.33. The Labute approximate surface area is 111 Å². The molecular formula is C13H17N3OS. The van der Waals surface area contributed by atoms with Crippen LogP contribution in [0.4, 0.5) is 0 Å². The number of hydrogen-bond acceptors (Lipinski definition) is 5. The fourth-order valence-electron chi connectivity index (χ4n) is 1.53. The molecule has 1 atom stereocenters. The first kappa shape index (κ1) is 13.1. The van der Waals surface area contributed by atoms with Crippen LogP contribution in [0.3, 0.4) is 0 Å². The van der Waals surface area contributed by atoms with Crippen LogP contribution in [0.25, 0.3) is 0 Å². The van der Waals surface area contributed by atoms with Crippen LogP contribution in [0.5, 0.6) is 0 Å². The lowest BCUT2D eigenvalue weighted by Gasteiger charge is -2.06. The van der Waals surface area contributed by atoms with Crippen LogP contribution in [-0.4, -0.2) is 10.1 Å². The maximum absolute atomic E-state index is 5.86. The van der Waals surface area contributed by atoms with Gasteiger partial charge in [-0.05, 0) is 24.6 Å². The van der Waals surface area contributed by atoms with Gasteiger partial charge in [-0.25, -0.2) is 0 Å². The van der Waals surface area contributed by atoms with Crippen molar-refractivity contribution in [3.05, 3.63) is 41.5 Å². The number of benzene rings is 1. The molecule has 1 heterocycles. The highest BCUT2D eigenvalue weighted by molar-refractivity contribution is 7.98. The molecule has 0 radical (unpaired) electrons. The van der Waals surface area contributed by atoms with Crippen molar-refractivity contribution >= 4 is 11.8 Å². The van der Waals surface area contributed by atoms with Crippen molar-refractivity contribution in [2.75, 3.05) is 0 Å². The highest BCUT2D eigenvalue weighted by Crippen LogP contribution is 2.24. The summed E-state index contributed by atoms with van der Waals surface area (Å²) in [6.45, 7) is 3.99. The maximum atomic E-state index is 5.86. The third-order valence-corrected chi connectivity index (χ3v) is 3.55. The molecule has 5 heteroatoms. The summed E-state index contributed by atoms with van der Waals surface area (Å²) < 4.78 is 5.15. The van der Waals surface area contributed by atoms with Crippen LogP contribution in [0.15, 0.2) is 33.7 Å². The van der Waals surface area contributed by atoms with E-state index in [1.54, 1.807) is 11.8 Å². The van der Waals surface area contributed by atoms with E-state index in [1.807, 2.05) is 26.0 Å². The van der Waals surface area contributed by atoms with Gasteiger partial charge in [-0.1, -0.05) is 24.2 Å². The number of rotatable bonds is 5. The van der Waals surface area contributed by atoms with E-state index in [-0.39, 0.29) is 6.04 Å². The summed E-state index contributed by atoms with van der Waals surface area (Å²) in [5.74, 6) is 2.12.